The van der Waals surface area contributed by atoms with E-state index in [0.29, 0.717) is 29.3 Å². The van der Waals surface area contributed by atoms with Gasteiger partial charge in [-0.3, -0.25) is 4.79 Å². The minimum Gasteiger partial charge on any atom is -0.494 e. The first-order valence-electron chi connectivity index (χ1n) is 8.45. The minimum absolute atomic E-state index is 0.107. The number of fused-ring (bicyclic) bond motifs is 5. The molecule has 0 aliphatic heterocycles. The molecule has 0 N–H and O–H groups in total. The van der Waals surface area contributed by atoms with Crippen LogP contribution in [0.1, 0.15) is 56.1 Å². The highest BCUT2D eigenvalue weighted by atomic mass is 19.1. The second kappa shape index (κ2) is 4.81. The zero-order chi connectivity index (χ0) is 15.5. The number of ether oxygens (including phenoxy) is 1. The summed E-state index contributed by atoms with van der Waals surface area (Å²) in [4.78, 5) is 12.3. The maximum Gasteiger partial charge on any atom is 0.168 e. The molecular weight excluding hydrogens is 279 g/mol. The van der Waals surface area contributed by atoms with Crippen LogP contribution >= 0.6 is 0 Å². The Morgan fingerprint density at radius 3 is 2.82 bits per heavy atom. The summed E-state index contributed by atoms with van der Waals surface area (Å²) < 4.78 is 19.7. The van der Waals surface area contributed by atoms with Gasteiger partial charge in [-0.15, -0.1) is 0 Å². The molecule has 2 saturated carbocycles. The van der Waals surface area contributed by atoms with Gasteiger partial charge >= 0.3 is 0 Å². The van der Waals surface area contributed by atoms with Crippen LogP contribution in [0.15, 0.2) is 12.1 Å². The molecule has 4 rings (SSSR count). The number of rotatable bonds is 1. The number of carbonyl (C=O) groups is 1. The number of carbonyl (C=O) groups excluding carboxylic acids is 1. The van der Waals surface area contributed by atoms with Crippen molar-refractivity contribution < 1.29 is 13.9 Å². The molecule has 3 aliphatic carbocycles. The first-order chi connectivity index (χ1) is 10.6. The summed E-state index contributed by atoms with van der Waals surface area (Å²) in [6.07, 6.45) is 5.54. The van der Waals surface area contributed by atoms with Crippen molar-refractivity contribution in [3.8, 4) is 5.75 Å². The highest BCUT2D eigenvalue weighted by Crippen LogP contribution is 2.59. The summed E-state index contributed by atoms with van der Waals surface area (Å²) >= 11 is 0. The molecule has 0 spiro atoms. The number of methoxy groups -OCH3 is 1. The number of hydrogen-bond donors (Lipinski definition) is 0. The van der Waals surface area contributed by atoms with E-state index in [1.165, 1.54) is 12.7 Å². The Hall–Kier alpha value is -1.38. The van der Waals surface area contributed by atoms with E-state index in [2.05, 4.69) is 13.0 Å². The molecule has 0 saturated heterocycles. The molecule has 4 unspecified atom stereocenters. The van der Waals surface area contributed by atoms with E-state index in [9.17, 15) is 9.18 Å². The molecule has 0 heterocycles. The van der Waals surface area contributed by atoms with Crippen LogP contribution < -0.4 is 4.74 Å². The van der Waals surface area contributed by atoms with Gasteiger partial charge in [-0.1, -0.05) is 13.0 Å². The predicted molar refractivity (Wildman–Crippen MR) is 82.6 cm³/mol. The SMILES string of the molecule is COc1ccc2c(c1F)CCC1C2CCC2(C)C(=O)CCC12. The Morgan fingerprint density at radius 1 is 1.23 bits per heavy atom. The van der Waals surface area contributed by atoms with Gasteiger partial charge in [0, 0.05) is 11.8 Å². The molecular formula is C19H23FO2. The number of halogens is 1. The smallest absolute Gasteiger partial charge is 0.168 e. The van der Waals surface area contributed by atoms with E-state index in [1.54, 1.807) is 6.07 Å². The lowest BCUT2D eigenvalue weighted by Crippen LogP contribution is -2.42. The van der Waals surface area contributed by atoms with E-state index >= 15 is 0 Å². The lowest BCUT2D eigenvalue weighted by Gasteiger charge is -2.48. The minimum atomic E-state index is -0.172. The lowest BCUT2D eigenvalue weighted by molar-refractivity contribution is -0.129. The maximum atomic E-state index is 14.5. The number of hydrogen-bond acceptors (Lipinski definition) is 2. The average molecular weight is 302 g/mol. The van der Waals surface area contributed by atoms with Crippen LogP contribution in [0.3, 0.4) is 0 Å². The van der Waals surface area contributed by atoms with Crippen LogP contribution in [-0.2, 0) is 11.2 Å². The van der Waals surface area contributed by atoms with Crippen molar-refractivity contribution in [3.63, 3.8) is 0 Å². The normalized spacial score (nSPS) is 36.5. The fraction of sp³-hybridized carbons (Fsp3) is 0.632. The van der Waals surface area contributed by atoms with E-state index < -0.39 is 0 Å². The molecule has 4 atom stereocenters. The van der Waals surface area contributed by atoms with Crippen LogP contribution in [0.25, 0.3) is 0 Å². The Kier molecular flexibility index (Phi) is 3.11. The predicted octanol–water partition coefficient (Wildman–Crippen LogP) is 4.26. The molecule has 3 aliphatic rings. The van der Waals surface area contributed by atoms with Gasteiger partial charge in [-0.2, -0.15) is 0 Å². The maximum absolute atomic E-state index is 14.5. The fourth-order valence-electron chi connectivity index (χ4n) is 5.53. The summed E-state index contributed by atoms with van der Waals surface area (Å²) in [5.41, 5.74) is 1.92. The molecule has 0 bridgehead atoms. The molecule has 0 aromatic heterocycles. The molecule has 22 heavy (non-hydrogen) atoms. The second-order valence-corrected chi connectivity index (χ2v) is 7.48. The van der Waals surface area contributed by atoms with E-state index in [4.69, 9.17) is 4.74 Å². The monoisotopic (exact) mass is 302 g/mol. The van der Waals surface area contributed by atoms with Crippen molar-refractivity contribution in [3.05, 3.63) is 29.1 Å². The molecule has 0 amide bonds. The van der Waals surface area contributed by atoms with Crippen LogP contribution in [0.5, 0.6) is 5.75 Å². The number of Topliss-reactive ketones (excluding diaryl/α,β-unsaturated/α-hetero) is 1. The van der Waals surface area contributed by atoms with Gasteiger partial charge in [-0.05, 0) is 67.1 Å². The van der Waals surface area contributed by atoms with E-state index in [-0.39, 0.29) is 11.2 Å². The molecule has 0 radical (unpaired) electrons. The third-order valence-corrected chi connectivity index (χ3v) is 6.74. The van der Waals surface area contributed by atoms with Crippen LogP contribution in [-0.4, -0.2) is 12.9 Å². The Morgan fingerprint density at radius 2 is 2.05 bits per heavy atom. The molecule has 2 fully saturated rings. The number of benzene rings is 1. The zero-order valence-corrected chi connectivity index (χ0v) is 13.3. The third kappa shape index (κ3) is 1.74. The van der Waals surface area contributed by atoms with Crippen molar-refractivity contribution in [2.75, 3.05) is 7.11 Å². The average Bonchev–Trinajstić information content (AvgIpc) is 2.83. The molecule has 1 aromatic rings. The van der Waals surface area contributed by atoms with Crippen LogP contribution in [0.4, 0.5) is 4.39 Å². The Labute approximate surface area is 131 Å². The summed E-state index contributed by atoms with van der Waals surface area (Å²) in [6, 6.07) is 3.83. The highest BCUT2D eigenvalue weighted by Gasteiger charge is 2.54. The number of ketones is 1. The third-order valence-electron chi connectivity index (χ3n) is 6.74. The van der Waals surface area contributed by atoms with Gasteiger partial charge in [0.2, 0.25) is 0 Å². The van der Waals surface area contributed by atoms with Crippen molar-refractivity contribution in [2.45, 2.75) is 51.4 Å². The highest BCUT2D eigenvalue weighted by molar-refractivity contribution is 5.87. The summed E-state index contributed by atoms with van der Waals surface area (Å²) in [7, 11) is 1.52. The topological polar surface area (TPSA) is 26.3 Å². The molecule has 3 heteroatoms. The summed E-state index contributed by atoms with van der Waals surface area (Å²) in [5, 5.41) is 0. The standard InChI is InChI=1S/C19H23FO2/c1-19-10-9-12-11-5-7-16(22-2)18(20)14(11)4-3-13(12)15(19)6-8-17(19)21/h5,7,12-13,15H,3-4,6,8-10H2,1-2H3. The van der Waals surface area contributed by atoms with Crippen molar-refractivity contribution >= 4 is 5.78 Å². The van der Waals surface area contributed by atoms with Gasteiger partial charge in [0.05, 0.1) is 7.11 Å². The first-order valence-corrected chi connectivity index (χ1v) is 8.45. The van der Waals surface area contributed by atoms with Crippen LogP contribution in [0, 0.1) is 23.1 Å². The van der Waals surface area contributed by atoms with Crippen molar-refractivity contribution in [2.24, 2.45) is 17.3 Å². The summed E-state index contributed by atoms with van der Waals surface area (Å²) in [6.45, 7) is 2.17. The largest absolute Gasteiger partial charge is 0.494 e. The van der Waals surface area contributed by atoms with E-state index in [0.717, 1.165) is 44.1 Å². The van der Waals surface area contributed by atoms with Gasteiger partial charge in [0.15, 0.2) is 11.6 Å². The zero-order valence-electron chi connectivity index (χ0n) is 13.3. The van der Waals surface area contributed by atoms with Crippen molar-refractivity contribution in [1.82, 2.24) is 0 Å². The van der Waals surface area contributed by atoms with Gasteiger partial charge in [-0.25, -0.2) is 4.39 Å². The Balaban J connectivity index is 1.73. The Bertz CT molecular complexity index is 639. The first kappa shape index (κ1) is 14.2. The second-order valence-electron chi connectivity index (χ2n) is 7.48. The van der Waals surface area contributed by atoms with Gasteiger partial charge < -0.3 is 4.74 Å². The lowest BCUT2D eigenvalue weighted by atomic mass is 9.55. The molecule has 118 valence electrons. The molecule has 2 nitrogen and oxygen atoms in total. The molecule has 1 aromatic carbocycles. The van der Waals surface area contributed by atoms with Gasteiger partial charge in [0.1, 0.15) is 5.78 Å². The quantitative estimate of drug-likeness (QED) is 0.775. The van der Waals surface area contributed by atoms with Gasteiger partial charge in [0.25, 0.3) is 0 Å². The van der Waals surface area contributed by atoms with Crippen molar-refractivity contribution in [1.29, 1.82) is 0 Å². The summed E-state index contributed by atoms with van der Waals surface area (Å²) in [5.74, 6) is 2.11. The fourth-order valence-corrected chi connectivity index (χ4v) is 5.53. The van der Waals surface area contributed by atoms with Crippen LogP contribution in [0.2, 0.25) is 0 Å². The van der Waals surface area contributed by atoms with E-state index in [1.807, 2.05) is 0 Å².